The van der Waals surface area contributed by atoms with E-state index in [-0.39, 0.29) is 12.5 Å². The number of nitrogens with two attached hydrogens (primary N) is 1. The highest BCUT2D eigenvalue weighted by Gasteiger charge is 2.07. The van der Waals surface area contributed by atoms with Crippen molar-refractivity contribution in [3.63, 3.8) is 0 Å². The van der Waals surface area contributed by atoms with Gasteiger partial charge in [0, 0.05) is 6.61 Å². The van der Waals surface area contributed by atoms with Crippen molar-refractivity contribution in [1.29, 1.82) is 0 Å². The molecule has 1 aromatic rings. The molecular formula is C13H20N2O2. The summed E-state index contributed by atoms with van der Waals surface area (Å²) < 4.78 is 5.26. The summed E-state index contributed by atoms with van der Waals surface area (Å²) in [4.78, 5) is 11.6. The Hall–Kier alpha value is -1.55. The van der Waals surface area contributed by atoms with Crippen LogP contribution in [0.1, 0.15) is 19.4 Å². The second-order valence-corrected chi connectivity index (χ2v) is 4.50. The highest BCUT2D eigenvalue weighted by molar-refractivity contribution is 5.95. The summed E-state index contributed by atoms with van der Waals surface area (Å²) >= 11 is 0. The van der Waals surface area contributed by atoms with Gasteiger partial charge in [0.05, 0.1) is 11.4 Å². The quantitative estimate of drug-likeness (QED) is 0.770. The Balaban J connectivity index is 2.51. The van der Waals surface area contributed by atoms with Gasteiger partial charge >= 0.3 is 0 Å². The molecule has 0 heterocycles. The van der Waals surface area contributed by atoms with Gasteiger partial charge in [-0.05, 0) is 24.5 Å². The minimum atomic E-state index is -0.174. The Morgan fingerprint density at radius 2 is 2.18 bits per heavy atom. The van der Waals surface area contributed by atoms with E-state index in [0.29, 0.717) is 23.9 Å². The number of carbonyl (C=O) groups is 1. The lowest BCUT2D eigenvalue weighted by Gasteiger charge is -2.11. The number of carbonyl (C=O) groups excluding carboxylic acids is 1. The van der Waals surface area contributed by atoms with Gasteiger partial charge in [-0.3, -0.25) is 4.79 Å². The van der Waals surface area contributed by atoms with Crippen LogP contribution in [0.3, 0.4) is 0 Å². The molecule has 0 aliphatic carbocycles. The van der Waals surface area contributed by atoms with Crippen molar-refractivity contribution < 1.29 is 9.53 Å². The topological polar surface area (TPSA) is 64.3 Å². The number of benzene rings is 1. The fourth-order valence-electron chi connectivity index (χ4n) is 1.42. The van der Waals surface area contributed by atoms with Crippen molar-refractivity contribution in [2.75, 3.05) is 24.3 Å². The van der Waals surface area contributed by atoms with Gasteiger partial charge in [0.2, 0.25) is 5.91 Å². The fourth-order valence-corrected chi connectivity index (χ4v) is 1.42. The average Bonchev–Trinajstić information content (AvgIpc) is 2.23. The molecule has 1 aromatic carbocycles. The van der Waals surface area contributed by atoms with Crippen LogP contribution in [0, 0.1) is 12.8 Å². The maximum Gasteiger partial charge on any atom is 0.250 e. The van der Waals surface area contributed by atoms with Crippen LogP contribution in [0.2, 0.25) is 0 Å². The van der Waals surface area contributed by atoms with Crippen molar-refractivity contribution >= 4 is 17.3 Å². The number of rotatable bonds is 5. The second-order valence-electron chi connectivity index (χ2n) is 4.50. The number of hydrogen-bond acceptors (Lipinski definition) is 3. The van der Waals surface area contributed by atoms with Crippen LogP contribution in [-0.2, 0) is 9.53 Å². The zero-order valence-corrected chi connectivity index (χ0v) is 10.6. The highest BCUT2D eigenvalue weighted by atomic mass is 16.5. The zero-order chi connectivity index (χ0) is 12.8. The Bertz CT molecular complexity index is 369. The molecule has 0 aliphatic rings. The molecule has 4 nitrogen and oxygen atoms in total. The number of anilines is 2. The van der Waals surface area contributed by atoms with E-state index < -0.39 is 0 Å². The van der Waals surface area contributed by atoms with Crippen molar-refractivity contribution in [2.24, 2.45) is 5.92 Å². The van der Waals surface area contributed by atoms with Crippen molar-refractivity contribution in [1.82, 2.24) is 0 Å². The molecule has 0 saturated heterocycles. The molecule has 0 fully saturated rings. The number of nitrogens with one attached hydrogen (secondary N) is 1. The van der Waals surface area contributed by atoms with Gasteiger partial charge < -0.3 is 15.8 Å². The summed E-state index contributed by atoms with van der Waals surface area (Å²) in [5.41, 5.74) is 7.98. The van der Waals surface area contributed by atoms with E-state index in [1.54, 1.807) is 6.07 Å². The van der Waals surface area contributed by atoms with Crippen molar-refractivity contribution in [2.45, 2.75) is 20.8 Å². The predicted molar refractivity (Wildman–Crippen MR) is 69.9 cm³/mol. The van der Waals surface area contributed by atoms with E-state index in [4.69, 9.17) is 10.5 Å². The summed E-state index contributed by atoms with van der Waals surface area (Å²) in [5, 5.41) is 2.76. The van der Waals surface area contributed by atoms with Gasteiger partial charge in [0.15, 0.2) is 0 Å². The molecule has 4 heteroatoms. The Labute approximate surface area is 102 Å². The van der Waals surface area contributed by atoms with E-state index >= 15 is 0 Å². The molecule has 1 rings (SSSR count). The van der Waals surface area contributed by atoms with Crippen molar-refractivity contribution in [3.05, 3.63) is 23.8 Å². The van der Waals surface area contributed by atoms with E-state index in [9.17, 15) is 4.79 Å². The number of ether oxygens (including phenoxy) is 1. The maximum absolute atomic E-state index is 11.6. The van der Waals surface area contributed by atoms with Gasteiger partial charge in [0.25, 0.3) is 0 Å². The van der Waals surface area contributed by atoms with Crippen LogP contribution in [-0.4, -0.2) is 19.1 Å². The van der Waals surface area contributed by atoms with Crippen LogP contribution >= 0.6 is 0 Å². The molecule has 17 heavy (non-hydrogen) atoms. The smallest absolute Gasteiger partial charge is 0.250 e. The van der Waals surface area contributed by atoms with Crippen LogP contribution in [0.4, 0.5) is 11.4 Å². The van der Waals surface area contributed by atoms with Gasteiger partial charge in [-0.1, -0.05) is 26.0 Å². The van der Waals surface area contributed by atoms with E-state index in [2.05, 4.69) is 5.32 Å². The fraction of sp³-hybridized carbons (Fsp3) is 0.462. The third-order valence-electron chi connectivity index (χ3n) is 2.25. The number of nitrogen functional groups attached to an aromatic ring is 1. The number of amides is 1. The standard InChI is InChI=1S/C13H20N2O2/c1-9(2)7-17-8-12(16)15-13-10(3)5-4-6-11(13)14/h4-6,9H,7-8,14H2,1-3H3,(H,15,16). The molecular weight excluding hydrogens is 216 g/mol. The second kappa shape index (κ2) is 6.25. The van der Waals surface area contributed by atoms with Gasteiger partial charge in [0.1, 0.15) is 6.61 Å². The van der Waals surface area contributed by atoms with E-state index in [1.807, 2.05) is 32.9 Å². The Morgan fingerprint density at radius 1 is 1.47 bits per heavy atom. The van der Waals surface area contributed by atoms with E-state index in [0.717, 1.165) is 5.56 Å². The summed E-state index contributed by atoms with van der Waals surface area (Å²) in [6.07, 6.45) is 0. The lowest BCUT2D eigenvalue weighted by molar-refractivity contribution is -0.120. The summed E-state index contributed by atoms with van der Waals surface area (Å²) in [6, 6.07) is 5.52. The first-order chi connectivity index (χ1) is 8.00. The summed E-state index contributed by atoms with van der Waals surface area (Å²) in [6.45, 7) is 6.62. The molecule has 0 unspecified atom stereocenters. The van der Waals surface area contributed by atoms with Gasteiger partial charge in [-0.2, -0.15) is 0 Å². The zero-order valence-electron chi connectivity index (χ0n) is 10.6. The molecule has 0 saturated carbocycles. The lowest BCUT2D eigenvalue weighted by Crippen LogP contribution is -2.20. The van der Waals surface area contributed by atoms with Gasteiger partial charge in [-0.25, -0.2) is 0 Å². The molecule has 0 spiro atoms. The van der Waals surface area contributed by atoms with Crippen molar-refractivity contribution in [3.8, 4) is 0 Å². The number of hydrogen-bond donors (Lipinski definition) is 2. The number of para-hydroxylation sites is 1. The molecule has 94 valence electrons. The van der Waals surface area contributed by atoms with Gasteiger partial charge in [-0.15, -0.1) is 0 Å². The van der Waals surface area contributed by atoms with E-state index in [1.165, 1.54) is 0 Å². The molecule has 0 radical (unpaired) electrons. The Kier molecular flexibility index (Phi) is 4.97. The molecule has 3 N–H and O–H groups in total. The van der Waals surface area contributed by atoms with Crippen LogP contribution in [0.25, 0.3) is 0 Å². The van der Waals surface area contributed by atoms with Crippen LogP contribution < -0.4 is 11.1 Å². The lowest BCUT2D eigenvalue weighted by atomic mass is 10.1. The third-order valence-corrected chi connectivity index (χ3v) is 2.25. The Morgan fingerprint density at radius 3 is 2.76 bits per heavy atom. The first kappa shape index (κ1) is 13.5. The van der Waals surface area contributed by atoms with Crippen LogP contribution in [0.5, 0.6) is 0 Å². The molecule has 1 amide bonds. The minimum Gasteiger partial charge on any atom is -0.397 e. The first-order valence-electron chi connectivity index (χ1n) is 5.73. The first-order valence-corrected chi connectivity index (χ1v) is 5.73. The third kappa shape index (κ3) is 4.44. The van der Waals surface area contributed by atoms with Crippen LogP contribution in [0.15, 0.2) is 18.2 Å². The molecule has 0 aliphatic heterocycles. The maximum atomic E-state index is 11.6. The monoisotopic (exact) mass is 236 g/mol. The minimum absolute atomic E-state index is 0.0615. The molecule has 0 bridgehead atoms. The number of aryl methyl sites for hydroxylation is 1. The molecule has 0 aromatic heterocycles. The highest BCUT2D eigenvalue weighted by Crippen LogP contribution is 2.22. The molecule has 0 atom stereocenters. The largest absolute Gasteiger partial charge is 0.397 e. The summed E-state index contributed by atoms with van der Waals surface area (Å²) in [7, 11) is 0. The normalized spacial score (nSPS) is 10.6. The summed E-state index contributed by atoms with van der Waals surface area (Å²) in [5.74, 6) is 0.248. The predicted octanol–water partition coefficient (Wildman–Crippen LogP) is 2.19. The average molecular weight is 236 g/mol. The SMILES string of the molecule is Cc1cccc(N)c1NC(=O)COCC(C)C.